The fourth-order valence-electron chi connectivity index (χ4n) is 2.12. The van der Waals surface area contributed by atoms with Gasteiger partial charge in [0.2, 0.25) is 0 Å². The zero-order valence-electron chi connectivity index (χ0n) is 11.5. The van der Waals surface area contributed by atoms with Crippen molar-refractivity contribution < 1.29 is 14.3 Å². The number of urea groups is 1. The molecule has 1 aromatic carbocycles. The molecule has 0 saturated carbocycles. The third kappa shape index (κ3) is 3.33. The molecule has 1 aliphatic heterocycles. The highest BCUT2D eigenvalue weighted by Crippen LogP contribution is 2.32. The van der Waals surface area contributed by atoms with Gasteiger partial charge in [-0.05, 0) is 18.6 Å². The molecule has 110 valence electrons. The van der Waals surface area contributed by atoms with Crippen LogP contribution < -0.4 is 10.6 Å². The van der Waals surface area contributed by atoms with Crippen molar-refractivity contribution in [1.29, 1.82) is 0 Å². The number of nitrogens with one attached hydrogen (secondary N) is 2. The molecule has 0 spiro atoms. The Morgan fingerprint density at radius 1 is 1.48 bits per heavy atom. The molecule has 1 aromatic rings. The minimum absolute atomic E-state index is 0.117. The van der Waals surface area contributed by atoms with E-state index in [0.29, 0.717) is 11.3 Å². The van der Waals surface area contributed by atoms with Crippen molar-refractivity contribution >= 4 is 27.9 Å². The van der Waals surface area contributed by atoms with Gasteiger partial charge in [-0.3, -0.25) is 0 Å². The third-order valence-electron chi connectivity index (χ3n) is 3.04. The van der Waals surface area contributed by atoms with E-state index in [1.54, 1.807) is 6.92 Å². The van der Waals surface area contributed by atoms with E-state index < -0.39 is 12.0 Å². The topological polar surface area (TPSA) is 67.4 Å². The number of carbonyl (C=O) groups excluding carboxylic acids is 2. The van der Waals surface area contributed by atoms with Crippen LogP contribution in [0.5, 0.6) is 0 Å². The largest absolute Gasteiger partial charge is 0.458 e. The zero-order valence-corrected chi connectivity index (χ0v) is 13.1. The lowest BCUT2D eigenvalue weighted by Gasteiger charge is -2.28. The molecular formula is C15H15BrN2O3. The summed E-state index contributed by atoms with van der Waals surface area (Å²) in [6, 6.07) is 6.49. The average Bonchev–Trinajstić information content (AvgIpc) is 2.44. The minimum atomic E-state index is -0.563. The van der Waals surface area contributed by atoms with Gasteiger partial charge < -0.3 is 15.4 Å². The van der Waals surface area contributed by atoms with Crippen molar-refractivity contribution in [3.63, 3.8) is 0 Å². The Morgan fingerprint density at radius 2 is 2.19 bits per heavy atom. The van der Waals surface area contributed by atoms with Gasteiger partial charge in [-0.1, -0.05) is 46.8 Å². The number of benzene rings is 1. The second-order valence-corrected chi connectivity index (χ2v) is 5.33. The highest BCUT2D eigenvalue weighted by Gasteiger charge is 2.32. The van der Waals surface area contributed by atoms with Gasteiger partial charge in [-0.15, -0.1) is 0 Å². The Labute approximate surface area is 131 Å². The van der Waals surface area contributed by atoms with Crippen LogP contribution in [0, 0.1) is 0 Å². The fraction of sp³-hybridized carbons (Fsp3) is 0.200. The lowest BCUT2D eigenvalue weighted by Crippen LogP contribution is -2.45. The molecule has 0 bridgehead atoms. The molecule has 5 nitrogen and oxygen atoms in total. The Balaban J connectivity index is 2.43. The molecule has 2 N–H and O–H groups in total. The first-order valence-electron chi connectivity index (χ1n) is 6.35. The first-order valence-corrected chi connectivity index (χ1v) is 7.14. The van der Waals surface area contributed by atoms with Gasteiger partial charge in [-0.2, -0.15) is 0 Å². The molecule has 1 heterocycles. The molecule has 0 radical (unpaired) electrons. The van der Waals surface area contributed by atoms with Crippen LogP contribution in [-0.2, 0) is 9.53 Å². The normalized spacial score (nSPS) is 17.8. The van der Waals surface area contributed by atoms with Crippen molar-refractivity contribution in [2.45, 2.75) is 13.0 Å². The summed E-state index contributed by atoms with van der Waals surface area (Å²) >= 11 is 3.44. The summed E-state index contributed by atoms with van der Waals surface area (Å²) in [6.07, 6.45) is 1.50. The summed E-state index contributed by atoms with van der Waals surface area (Å²) in [5.41, 5.74) is 1.65. The summed E-state index contributed by atoms with van der Waals surface area (Å²) in [4.78, 5) is 23.9. The molecule has 2 amide bonds. The third-order valence-corrected chi connectivity index (χ3v) is 3.76. The maximum atomic E-state index is 12.2. The van der Waals surface area contributed by atoms with Crippen molar-refractivity contribution in [2.75, 3.05) is 6.61 Å². The molecule has 1 atom stereocenters. The number of rotatable bonds is 4. The lowest BCUT2D eigenvalue weighted by molar-refractivity contribution is -0.138. The fourth-order valence-corrected chi connectivity index (χ4v) is 2.63. The van der Waals surface area contributed by atoms with E-state index in [2.05, 4.69) is 33.1 Å². The number of halogens is 1. The summed E-state index contributed by atoms with van der Waals surface area (Å²) in [5, 5.41) is 5.34. The minimum Gasteiger partial charge on any atom is -0.458 e. The molecule has 0 fully saturated rings. The average molecular weight is 351 g/mol. The molecule has 21 heavy (non-hydrogen) atoms. The first kappa shape index (κ1) is 15.3. The van der Waals surface area contributed by atoms with Gasteiger partial charge in [-0.25, -0.2) is 9.59 Å². The highest BCUT2D eigenvalue weighted by atomic mass is 79.9. The summed E-state index contributed by atoms with van der Waals surface area (Å²) in [5.74, 6) is -0.486. The van der Waals surface area contributed by atoms with Crippen LogP contribution in [-0.4, -0.2) is 18.6 Å². The van der Waals surface area contributed by atoms with Crippen molar-refractivity contribution in [3.05, 3.63) is 58.2 Å². The van der Waals surface area contributed by atoms with Crippen molar-refractivity contribution in [1.82, 2.24) is 10.6 Å². The summed E-state index contributed by atoms with van der Waals surface area (Å²) in [7, 11) is 0. The maximum Gasteiger partial charge on any atom is 0.338 e. The van der Waals surface area contributed by atoms with E-state index in [1.807, 2.05) is 24.3 Å². The van der Waals surface area contributed by atoms with E-state index in [0.717, 1.165) is 10.0 Å². The molecule has 1 aliphatic rings. The number of amides is 2. The molecule has 0 saturated heterocycles. The summed E-state index contributed by atoms with van der Waals surface area (Å²) in [6.45, 7) is 5.31. The molecule has 0 unspecified atom stereocenters. The summed E-state index contributed by atoms with van der Waals surface area (Å²) < 4.78 is 5.91. The smallest absolute Gasteiger partial charge is 0.338 e. The second-order valence-electron chi connectivity index (χ2n) is 4.48. The Bertz CT molecular complexity index is 625. The standard InChI is InChI=1S/C15H15BrN2O3/c1-3-8-21-14(19)12-9(2)17-15(20)18-13(12)10-6-4-5-7-11(10)16/h3-7,13H,1,8H2,2H3,(H2,17,18,20)/t13-/m0/s1. The van der Waals surface area contributed by atoms with Gasteiger partial charge in [0.1, 0.15) is 6.61 Å². The number of hydrogen-bond acceptors (Lipinski definition) is 3. The second kappa shape index (κ2) is 6.58. The SMILES string of the molecule is C=CCOC(=O)C1=C(C)NC(=O)N[C@H]1c1ccccc1Br. The Morgan fingerprint density at radius 3 is 2.86 bits per heavy atom. The van der Waals surface area contributed by atoms with Crippen LogP contribution in [0.2, 0.25) is 0 Å². The lowest BCUT2D eigenvalue weighted by atomic mass is 9.95. The van der Waals surface area contributed by atoms with E-state index >= 15 is 0 Å². The van der Waals surface area contributed by atoms with Crippen LogP contribution in [0.3, 0.4) is 0 Å². The number of esters is 1. The zero-order chi connectivity index (χ0) is 15.4. The molecule has 6 heteroatoms. The van der Waals surface area contributed by atoms with Gasteiger partial charge in [0, 0.05) is 10.2 Å². The Hall–Kier alpha value is -2.08. The van der Waals surface area contributed by atoms with Gasteiger partial charge in [0.05, 0.1) is 11.6 Å². The van der Waals surface area contributed by atoms with Crippen LogP contribution in [0.1, 0.15) is 18.5 Å². The monoisotopic (exact) mass is 350 g/mol. The number of allylic oxidation sites excluding steroid dienone is 1. The number of hydrogen-bond donors (Lipinski definition) is 2. The van der Waals surface area contributed by atoms with E-state index in [-0.39, 0.29) is 12.6 Å². The van der Waals surface area contributed by atoms with Gasteiger partial charge in [0.15, 0.2) is 0 Å². The van der Waals surface area contributed by atoms with Crippen LogP contribution in [0.4, 0.5) is 4.79 Å². The predicted octanol–water partition coefficient (Wildman–Crippen LogP) is 2.81. The van der Waals surface area contributed by atoms with Crippen LogP contribution in [0.25, 0.3) is 0 Å². The van der Waals surface area contributed by atoms with Crippen molar-refractivity contribution in [2.24, 2.45) is 0 Å². The van der Waals surface area contributed by atoms with E-state index in [4.69, 9.17) is 4.74 Å². The van der Waals surface area contributed by atoms with Crippen molar-refractivity contribution in [3.8, 4) is 0 Å². The number of ether oxygens (including phenoxy) is 1. The molecule has 2 rings (SSSR count). The van der Waals surface area contributed by atoms with E-state index in [9.17, 15) is 9.59 Å². The molecule has 0 aliphatic carbocycles. The predicted molar refractivity (Wildman–Crippen MR) is 82.4 cm³/mol. The van der Waals surface area contributed by atoms with Crippen LogP contribution >= 0.6 is 15.9 Å². The van der Waals surface area contributed by atoms with E-state index in [1.165, 1.54) is 6.08 Å². The molecule has 0 aromatic heterocycles. The van der Waals surface area contributed by atoms with Gasteiger partial charge >= 0.3 is 12.0 Å². The van der Waals surface area contributed by atoms with Crippen LogP contribution in [0.15, 0.2) is 52.7 Å². The van der Waals surface area contributed by atoms with Gasteiger partial charge in [0.25, 0.3) is 0 Å². The Kier molecular flexibility index (Phi) is 4.80. The highest BCUT2D eigenvalue weighted by molar-refractivity contribution is 9.10. The maximum absolute atomic E-state index is 12.2. The quantitative estimate of drug-likeness (QED) is 0.648. The number of carbonyl (C=O) groups is 2. The first-order chi connectivity index (χ1) is 10.0. The molecular weight excluding hydrogens is 336 g/mol.